The number of benzene rings is 1. The van der Waals surface area contributed by atoms with E-state index in [1.54, 1.807) is 12.1 Å². The minimum Gasteiger partial charge on any atom is -0.354 e. The molecule has 5 heteroatoms. The Bertz CT molecular complexity index is 650. The number of hydrogen-bond acceptors (Lipinski definition) is 3. The van der Waals surface area contributed by atoms with Crippen LogP contribution in [0, 0.1) is 6.92 Å². The molecule has 0 fully saturated rings. The van der Waals surface area contributed by atoms with Crippen molar-refractivity contribution in [2.75, 3.05) is 5.70 Å². The second-order valence-corrected chi connectivity index (χ2v) is 6.48. The summed E-state index contributed by atoms with van der Waals surface area (Å²) < 4.78 is 40.1. The SMILES string of the molecule is [2H]C([2H])(/C=C\CC(=O)NC(C)C)S(=O)(=O)c1ccc(C)cc1. The smallest absolute Gasteiger partial charge is 0.223 e. The van der Waals surface area contributed by atoms with Gasteiger partial charge in [-0.15, -0.1) is 0 Å². The third-order valence-electron chi connectivity index (χ3n) is 2.43. The number of amides is 1. The average molecular weight is 297 g/mol. The summed E-state index contributed by atoms with van der Waals surface area (Å²) in [6.45, 7) is 5.43. The number of nitrogens with one attached hydrogen (secondary N) is 1. The molecule has 1 N–H and O–H groups in total. The Morgan fingerprint density at radius 3 is 2.45 bits per heavy atom. The summed E-state index contributed by atoms with van der Waals surface area (Å²) in [6, 6.07) is 5.96. The Kier molecular flexibility index (Phi) is 4.84. The molecule has 1 rings (SSSR count). The van der Waals surface area contributed by atoms with Gasteiger partial charge in [0, 0.05) is 15.2 Å². The van der Waals surface area contributed by atoms with Crippen molar-refractivity contribution in [3.63, 3.8) is 0 Å². The van der Waals surface area contributed by atoms with E-state index in [9.17, 15) is 13.2 Å². The Morgan fingerprint density at radius 1 is 1.30 bits per heavy atom. The molecule has 0 unspecified atom stereocenters. The molecule has 0 heterocycles. The summed E-state index contributed by atoms with van der Waals surface area (Å²) in [7, 11) is -4.16. The Balaban J connectivity index is 2.88. The van der Waals surface area contributed by atoms with Crippen molar-refractivity contribution in [1.82, 2.24) is 5.32 Å². The maximum Gasteiger partial charge on any atom is 0.223 e. The van der Waals surface area contributed by atoms with E-state index >= 15 is 0 Å². The molecule has 4 nitrogen and oxygen atoms in total. The van der Waals surface area contributed by atoms with Gasteiger partial charge >= 0.3 is 0 Å². The molecule has 0 aliphatic carbocycles. The third kappa shape index (κ3) is 5.57. The van der Waals surface area contributed by atoms with Crippen LogP contribution in [-0.2, 0) is 14.6 Å². The van der Waals surface area contributed by atoms with Gasteiger partial charge in [0.05, 0.1) is 10.6 Å². The molecular formula is C15H21NO3S. The van der Waals surface area contributed by atoms with Crippen molar-refractivity contribution in [1.29, 1.82) is 0 Å². The lowest BCUT2D eigenvalue weighted by molar-refractivity contribution is -0.120. The summed E-state index contributed by atoms with van der Waals surface area (Å²) in [4.78, 5) is 11.4. The zero-order chi connectivity index (χ0) is 17.0. The Hall–Kier alpha value is -1.62. The second-order valence-electron chi connectivity index (χ2n) is 4.76. The molecule has 110 valence electrons. The van der Waals surface area contributed by atoms with E-state index in [1.807, 2.05) is 20.8 Å². The molecule has 0 aliphatic rings. The largest absolute Gasteiger partial charge is 0.354 e. The van der Waals surface area contributed by atoms with E-state index in [1.165, 1.54) is 18.2 Å². The summed E-state index contributed by atoms with van der Waals surface area (Å²) in [5.41, 5.74) is -1.68. The highest BCUT2D eigenvalue weighted by Crippen LogP contribution is 2.12. The fourth-order valence-electron chi connectivity index (χ4n) is 1.47. The lowest BCUT2D eigenvalue weighted by Crippen LogP contribution is -2.29. The molecule has 0 saturated carbocycles. The van der Waals surface area contributed by atoms with E-state index in [0.717, 1.165) is 11.6 Å². The van der Waals surface area contributed by atoms with E-state index in [2.05, 4.69) is 5.32 Å². The molecule has 0 atom stereocenters. The lowest BCUT2D eigenvalue weighted by Gasteiger charge is -2.05. The first-order valence-corrected chi connectivity index (χ1v) is 7.83. The van der Waals surface area contributed by atoms with E-state index in [4.69, 9.17) is 2.74 Å². The van der Waals surface area contributed by atoms with Crippen LogP contribution in [0.15, 0.2) is 41.3 Å². The Labute approximate surface area is 123 Å². The van der Waals surface area contributed by atoms with Crippen LogP contribution in [0.4, 0.5) is 0 Å². The fourth-order valence-corrected chi connectivity index (χ4v) is 2.38. The summed E-state index contributed by atoms with van der Waals surface area (Å²) >= 11 is 0. The number of rotatable bonds is 6. The number of carbonyl (C=O) groups is 1. The van der Waals surface area contributed by atoms with Gasteiger partial charge in [0.15, 0.2) is 9.84 Å². The number of hydrogen-bond donors (Lipinski definition) is 1. The van der Waals surface area contributed by atoms with Crippen LogP contribution in [-0.4, -0.2) is 26.1 Å². The Morgan fingerprint density at radius 2 is 1.90 bits per heavy atom. The van der Waals surface area contributed by atoms with Gasteiger partial charge in [-0.1, -0.05) is 29.8 Å². The van der Waals surface area contributed by atoms with Gasteiger partial charge in [0.2, 0.25) is 5.91 Å². The molecule has 0 aromatic heterocycles. The maximum atomic E-state index is 12.3. The highest BCUT2D eigenvalue weighted by atomic mass is 32.2. The fraction of sp³-hybridized carbons (Fsp3) is 0.400. The van der Waals surface area contributed by atoms with Crippen LogP contribution in [0.1, 0.15) is 28.6 Å². The molecule has 0 aliphatic heterocycles. The monoisotopic (exact) mass is 297 g/mol. The molecule has 0 bridgehead atoms. The van der Waals surface area contributed by atoms with Gasteiger partial charge in [-0.05, 0) is 32.9 Å². The summed E-state index contributed by atoms with van der Waals surface area (Å²) in [5, 5.41) is 2.64. The van der Waals surface area contributed by atoms with Gasteiger partial charge in [-0.3, -0.25) is 4.79 Å². The standard InChI is InChI=1S/C15H21NO3S/c1-12(2)16-15(17)6-4-5-11-20(18,19)14-9-7-13(3)8-10-14/h4-5,7-10,12H,6,11H2,1-3H3,(H,16,17)/b5-4-/i11D2. The molecule has 20 heavy (non-hydrogen) atoms. The highest BCUT2D eigenvalue weighted by Gasteiger charge is 2.11. The molecule has 1 amide bonds. The molecule has 1 aromatic rings. The predicted molar refractivity (Wildman–Crippen MR) is 80.3 cm³/mol. The number of aryl methyl sites for hydroxylation is 1. The van der Waals surface area contributed by atoms with Crippen molar-refractivity contribution in [2.45, 2.75) is 38.1 Å². The topological polar surface area (TPSA) is 63.2 Å². The quantitative estimate of drug-likeness (QED) is 0.819. The van der Waals surface area contributed by atoms with Crippen LogP contribution in [0.3, 0.4) is 0 Å². The lowest BCUT2D eigenvalue weighted by atomic mass is 10.2. The zero-order valence-electron chi connectivity index (χ0n) is 13.9. The first-order chi connectivity index (χ1) is 10.1. The zero-order valence-corrected chi connectivity index (χ0v) is 12.7. The molecule has 0 radical (unpaired) electrons. The number of carbonyl (C=O) groups excluding carboxylic acids is 1. The predicted octanol–water partition coefficient (Wildman–Crippen LogP) is 2.24. The van der Waals surface area contributed by atoms with Crippen molar-refractivity contribution in [3.8, 4) is 0 Å². The van der Waals surface area contributed by atoms with Crippen LogP contribution < -0.4 is 5.32 Å². The minimum atomic E-state index is -4.16. The van der Waals surface area contributed by atoms with Gasteiger partial charge in [-0.25, -0.2) is 8.42 Å². The minimum absolute atomic E-state index is 0.0195. The van der Waals surface area contributed by atoms with Crippen LogP contribution in [0.5, 0.6) is 0 Å². The number of sulfone groups is 1. The highest BCUT2D eigenvalue weighted by molar-refractivity contribution is 7.91. The van der Waals surface area contributed by atoms with Gasteiger partial charge in [0.25, 0.3) is 0 Å². The third-order valence-corrected chi connectivity index (χ3v) is 3.76. The molecule has 1 aromatic carbocycles. The summed E-state index contributed by atoms with van der Waals surface area (Å²) in [6.07, 6.45) is 2.09. The summed E-state index contributed by atoms with van der Waals surface area (Å²) in [5.74, 6) is -0.283. The van der Waals surface area contributed by atoms with Crippen LogP contribution in [0.2, 0.25) is 0 Å². The van der Waals surface area contributed by atoms with Gasteiger partial charge in [-0.2, -0.15) is 0 Å². The van der Waals surface area contributed by atoms with E-state index < -0.39 is 15.5 Å². The average Bonchev–Trinajstić information content (AvgIpc) is 2.37. The molecular weight excluding hydrogens is 274 g/mol. The first kappa shape index (κ1) is 13.4. The first-order valence-electron chi connectivity index (χ1n) is 7.34. The van der Waals surface area contributed by atoms with Crippen molar-refractivity contribution in [2.24, 2.45) is 0 Å². The van der Waals surface area contributed by atoms with Crippen LogP contribution in [0.25, 0.3) is 0 Å². The van der Waals surface area contributed by atoms with Crippen molar-refractivity contribution >= 4 is 15.7 Å². The van der Waals surface area contributed by atoms with E-state index in [-0.39, 0.29) is 23.3 Å². The second kappa shape index (κ2) is 7.24. The maximum absolute atomic E-state index is 12.3. The van der Waals surface area contributed by atoms with Gasteiger partial charge < -0.3 is 5.32 Å². The van der Waals surface area contributed by atoms with Crippen molar-refractivity contribution in [3.05, 3.63) is 42.0 Å². The molecule has 0 spiro atoms. The van der Waals surface area contributed by atoms with Crippen molar-refractivity contribution < 1.29 is 16.0 Å². The normalized spacial score (nSPS) is 14.2. The molecule has 0 saturated heterocycles. The van der Waals surface area contributed by atoms with Gasteiger partial charge in [0.1, 0.15) is 0 Å². The van der Waals surface area contributed by atoms with Crippen LogP contribution >= 0.6 is 0 Å². The van der Waals surface area contributed by atoms with E-state index in [0.29, 0.717) is 0 Å².